The normalized spacial score (nSPS) is 32.2. The summed E-state index contributed by atoms with van der Waals surface area (Å²) in [6.45, 7) is 5.43. The van der Waals surface area contributed by atoms with E-state index < -0.39 is 23.6 Å². The summed E-state index contributed by atoms with van der Waals surface area (Å²) < 4.78 is 5.28. The predicted molar refractivity (Wildman–Crippen MR) is 57.6 cm³/mol. The quantitative estimate of drug-likeness (QED) is 0.721. The maximum atomic E-state index is 11.9. The predicted octanol–water partition coefficient (Wildman–Crippen LogP) is 0.870. The minimum Gasteiger partial charge on any atom is -0.444 e. The number of carbonyl (C=O) groups excluding carboxylic acids is 2. The average Bonchev–Trinajstić information content (AvgIpc) is 2.73. The van der Waals surface area contributed by atoms with Crippen LogP contribution in [0.2, 0.25) is 0 Å². The van der Waals surface area contributed by atoms with Crippen molar-refractivity contribution in [3.05, 3.63) is 0 Å². The van der Waals surface area contributed by atoms with Crippen LogP contribution in [0.3, 0.4) is 0 Å². The summed E-state index contributed by atoms with van der Waals surface area (Å²) in [5, 5.41) is 0. The number of hydrogen-bond acceptors (Lipinski definition) is 3. The molecule has 0 unspecified atom stereocenters. The smallest absolute Gasteiger partial charge is 0.411 e. The van der Waals surface area contributed by atoms with Crippen LogP contribution in [0.25, 0.3) is 0 Å². The van der Waals surface area contributed by atoms with Crippen molar-refractivity contribution >= 4 is 12.0 Å². The molecule has 3 atom stereocenters. The fraction of sp³-hybridized carbons (Fsp3) is 0.818. The molecule has 1 saturated heterocycles. The number of nitrogens with two attached hydrogens (primary N) is 1. The Labute approximate surface area is 94.9 Å². The fourth-order valence-corrected chi connectivity index (χ4v) is 2.29. The van der Waals surface area contributed by atoms with Gasteiger partial charge in [0.1, 0.15) is 11.6 Å². The van der Waals surface area contributed by atoms with E-state index in [0.29, 0.717) is 12.3 Å². The molecule has 2 N–H and O–H groups in total. The van der Waals surface area contributed by atoms with E-state index >= 15 is 0 Å². The summed E-state index contributed by atoms with van der Waals surface area (Å²) >= 11 is 0. The van der Waals surface area contributed by atoms with E-state index in [9.17, 15) is 9.59 Å². The molecule has 0 spiro atoms. The minimum absolute atomic E-state index is 0.173. The molecule has 16 heavy (non-hydrogen) atoms. The van der Waals surface area contributed by atoms with Crippen LogP contribution in [-0.4, -0.2) is 34.6 Å². The first kappa shape index (κ1) is 11.2. The molecule has 1 heterocycles. The van der Waals surface area contributed by atoms with Crippen molar-refractivity contribution in [1.29, 1.82) is 0 Å². The van der Waals surface area contributed by atoms with Crippen molar-refractivity contribution in [2.45, 2.75) is 51.3 Å². The van der Waals surface area contributed by atoms with Gasteiger partial charge in [-0.3, -0.25) is 9.69 Å². The number of hydrogen-bond donors (Lipinski definition) is 1. The lowest BCUT2D eigenvalue weighted by Gasteiger charge is -2.28. The van der Waals surface area contributed by atoms with Crippen LogP contribution in [0, 0.1) is 5.92 Å². The molecule has 2 rings (SSSR count). The molecular weight excluding hydrogens is 208 g/mol. The number of ether oxygens (including phenoxy) is 1. The van der Waals surface area contributed by atoms with Crippen molar-refractivity contribution in [2.24, 2.45) is 11.7 Å². The van der Waals surface area contributed by atoms with Gasteiger partial charge >= 0.3 is 6.09 Å². The Bertz CT molecular complexity index is 335. The van der Waals surface area contributed by atoms with Crippen LogP contribution in [-0.2, 0) is 9.53 Å². The van der Waals surface area contributed by atoms with Crippen LogP contribution in [0.4, 0.5) is 4.79 Å². The SMILES string of the molecule is CC(C)(C)OC(=O)N1[C@@H](C(N)=O)C[C@H]2C[C@@H]21. The van der Waals surface area contributed by atoms with E-state index in [2.05, 4.69) is 0 Å². The fourth-order valence-electron chi connectivity index (χ4n) is 2.29. The van der Waals surface area contributed by atoms with Gasteiger partial charge in [-0.05, 0) is 39.5 Å². The first-order chi connectivity index (χ1) is 7.29. The number of primary amides is 1. The minimum atomic E-state index is -0.535. The molecule has 5 heteroatoms. The zero-order valence-corrected chi connectivity index (χ0v) is 9.90. The average molecular weight is 226 g/mol. The molecular formula is C11H18N2O3. The van der Waals surface area contributed by atoms with Gasteiger partial charge in [0.15, 0.2) is 0 Å². The standard InChI is InChI=1S/C11H18N2O3/c1-11(2,3)16-10(15)13-7-4-6(7)5-8(13)9(12)14/h6-8H,4-5H2,1-3H3,(H2,12,14)/t6-,7+,8-/m1/s1. The van der Waals surface area contributed by atoms with Crippen molar-refractivity contribution in [3.63, 3.8) is 0 Å². The van der Waals surface area contributed by atoms with Gasteiger partial charge in [-0.2, -0.15) is 0 Å². The van der Waals surface area contributed by atoms with Gasteiger partial charge < -0.3 is 10.5 Å². The molecule has 5 nitrogen and oxygen atoms in total. The Hall–Kier alpha value is -1.26. The van der Waals surface area contributed by atoms with E-state index in [1.807, 2.05) is 20.8 Å². The molecule has 1 aliphatic heterocycles. The van der Waals surface area contributed by atoms with Gasteiger partial charge in [-0.15, -0.1) is 0 Å². The summed E-state index contributed by atoms with van der Waals surface area (Å²) in [5.41, 5.74) is 4.75. The van der Waals surface area contributed by atoms with Crippen molar-refractivity contribution in [1.82, 2.24) is 4.90 Å². The van der Waals surface area contributed by atoms with E-state index in [4.69, 9.17) is 10.5 Å². The molecule has 0 bridgehead atoms. The number of likely N-dealkylation sites (tertiary alicyclic amines) is 1. The molecule has 0 aromatic carbocycles. The Kier molecular flexibility index (Phi) is 2.36. The van der Waals surface area contributed by atoms with E-state index in [1.54, 1.807) is 0 Å². The Morgan fingerprint density at radius 3 is 2.44 bits per heavy atom. The van der Waals surface area contributed by atoms with Crippen LogP contribution >= 0.6 is 0 Å². The monoisotopic (exact) mass is 226 g/mol. The number of nitrogens with zero attached hydrogens (tertiary/aromatic N) is 1. The van der Waals surface area contributed by atoms with Crippen LogP contribution in [0.5, 0.6) is 0 Å². The van der Waals surface area contributed by atoms with Gasteiger partial charge in [0.25, 0.3) is 0 Å². The first-order valence-corrected chi connectivity index (χ1v) is 5.60. The van der Waals surface area contributed by atoms with E-state index in [0.717, 1.165) is 6.42 Å². The summed E-state index contributed by atoms with van der Waals surface area (Å²) in [6.07, 6.45) is 1.25. The third kappa shape index (κ3) is 1.99. The Balaban J connectivity index is 2.07. The van der Waals surface area contributed by atoms with Gasteiger partial charge in [0, 0.05) is 6.04 Å². The summed E-state index contributed by atoms with van der Waals surface area (Å²) in [5.74, 6) is 0.0167. The van der Waals surface area contributed by atoms with Crippen LogP contribution < -0.4 is 5.73 Å². The zero-order chi connectivity index (χ0) is 12.1. The maximum absolute atomic E-state index is 11.9. The zero-order valence-electron chi connectivity index (χ0n) is 9.90. The molecule has 2 amide bonds. The van der Waals surface area contributed by atoms with Crippen LogP contribution in [0.1, 0.15) is 33.6 Å². The van der Waals surface area contributed by atoms with Crippen LogP contribution in [0.15, 0.2) is 0 Å². The topological polar surface area (TPSA) is 72.6 Å². The highest BCUT2D eigenvalue weighted by atomic mass is 16.6. The lowest BCUT2D eigenvalue weighted by atomic mass is 10.1. The number of fused-ring (bicyclic) bond motifs is 1. The molecule has 1 saturated carbocycles. The molecule has 2 aliphatic rings. The van der Waals surface area contributed by atoms with Gasteiger partial charge in [0.2, 0.25) is 5.91 Å². The van der Waals surface area contributed by atoms with Crippen molar-refractivity contribution in [3.8, 4) is 0 Å². The lowest BCUT2D eigenvalue weighted by Crippen LogP contribution is -2.47. The second-order valence-electron chi connectivity index (χ2n) is 5.60. The molecule has 0 radical (unpaired) electrons. The van der Waals surface area contributed by atoms with Crippen molar-refractivity contribution < 1.29 is 14.3 Å². The number of amides is 2. The molecule has 1 aliphatic carbocycles. The molecule has 90 valence electrons. The third-order valence-corrected chi connectivity index (χ3v) is 3.04. The highest BCUT2D eigenvalue weighted by Gasteiger charge is 2.56. The van der Waals surface area contributed by atoms with E-state index in [1.165, 1.54) is 4.90 Å². The number of rotatable bonds is 1. The highest BCUT2D eigenvalue weighted by molar-refractivity contribution is 5.85. The second kappa shape index (κ2) is 3.37. The number of piperidine rings is 1. The molecule has 0 aromatic rings. The van der Waals surface area contributed by atoms with Crippen molar-refractivity contribution in [2.75, 3.05) is 0 Å². The van der Waals surface area contributed by atoms with E-state index in [-0.39, 0.29) is 6.04 Å². The maximum Gasteiger partial charge on any atom is 0.411 e. The Morgan fingerprint density at radius 2 is 1.94 bits per heavy atom. The van der Waals surface area contributed by atoms with Gasteiger partial charge in [-0.25, -0.2) is 4.79 Å². The lowest BCUT2D eigenvalue weighted by molar-refractivity contribution is -0.122. The highest BCUT2D eigenvalue weighted by Crippen LogP contribution is 2.48. The summed E-state index contributed by atoms with van der Waals surface area (Å²) in [7, 11) is 0. The summed E-state index contributed by atoms with van der Waals surface area (Å²) in [4.78, 5) is 24.7. The third-order valence-electron chi connectivity index (χ3n) is 3.04. The summed E-state index contributed by atoms with van der Waals surface area (Å²) in [6, 6.07) is -0.300. The second-order valence-corrected chi connectivity index (χ2v) is 5.60. The van der Waals surface area contributed by atoms with Gasteiger partial charge in [0.05, 0.1) is 0 Å². The molecule has 2 fully saturated rings. The Morgan fingerprint density at radius 1 is 1.31 bits per heavy atom. The largest absolute Gasteiger partial charge is 0.444 e. The number of carbonyl (C=O) groups is 2. The van der Waals surface area contributed by atoms with Gasteiger partial charge in [-0.1, -0.05) is 0 Å². The molecule has 0 aromatic heterocycles. The first-order valence-electron chi connectivity index (χ1n) is 5.60.